The number of rotatable bonds is 3. The first-order valence-electron chi connectivity index (χ1n) is 9.08. The van der Waals surface area contributed by atoms with E-state index in [2.05, 4.69) is 26.1 Å². The summed E-state index contributed by atoms with van der Waals surface area (Å²) in [6, 6.07) is 13.0. The largest absolute Gasteiger partial charge is 0.422 e. The normalized spacial score (nSPS) is 11.6. The Bertz CT molecular complexity index is 1050. The fourth-order valence-corrected chi connectivity index (χ4v) is 3.22. The van der Waals surface area contributed by atoms with Crippen LogP contribution in [0.4, 0.5) is 0 Å². The highest BCUT2D eigenvalue weighted by Crippen LogP contribution is 2.23. The van der Waals surface area contributed by atoms with Crippen molar-refractivity contribution in [2.45, 2.75) is 46.6 Å². The molecular formula is C23H25NO3. The van der Waals surface area contributed by atoms with Crippen LogP contribution in [0.15, 0.2) is 51.7 Å². The van der Waals surface area contributed by atoms with E-state index < -0.39 is 5.63 Å². The topological polar surface area (TPSA) is 59.3 Å². The highest BCUT2D eigenvalue weighted by molar-refractivity contribution is 5.94. The minimum atomic E-state index is -0.409. The Kier molecular flexibility index (Phi) is 4.92. The minimum Gasteiger partial charge on any atom is -0.422 e. The van der Waals surface area contributed by atoms with Crippen LogP contribution >= 0.6 is 0 Å². The number of nitrogens with one attached hydrogen (secondary N) is 1. The SMILES string of the molecule is Cc1cc(C)c2oc(=O)cc(CNC(=O)c3ccc(C(C)(C)C)cc3)c2c1. The van der Waals surface area contributed by atoms with Gasteiger partial charge in [-0.05, 0) is 59.7 Å². The molecule has 0 saturated heterocycles. The van der Waals surface area contributed by atoms with Crippen molar-refractivity contribution in [2.75, 3.05) is 0 Å². The molecule has 0 aliphatic rings. The van der Waals surface area contributed by atoms with Crippen molar-refractivity contribution < 1.29 is 9.21 Å². The van der Waals surface area contributed by atoms with E-state index in [9.17, 15) is 9.59 Å². The number of aryl methyl sites for hydroxylation is 2. The second kappa shape index (κ2) is 7.03. The molecule has 3 aromatic rings. The Morgan fingerprint density at radius 1 is 1.04 bits per heavy atom. The zero-order valence-corrected chi connectivity index (χ0v) is 16.5. The molecular weight excluding hydrogens is 338 g/mol. The van der Waals surface area contributed by atoms with Gasteiger partial charge in [0.2, 0.25) is 0 Å². The van der Waals surface area contributed by atoms with Gasteiger partial charge in [-0.25, -0.2) is 4.79 Å². The molecule has 0 fully saturated rings. The molecule has 0 aliphatic heterocycles. The summed E-state index contributed by atoms with van der Waals surface area (Å²) in [5.74, 6) is -0.166. The number of benzene rings is 2. The standard InChI is InChI=1S/C23H25NO3/c1-14-10-15(2)21-19(11-14)17(12-20(25)27-21)13-24-22(26)16-6-8-18(9-7-16)23(3,4)5/h6-12H,13H2,1-5H3,(H,24,26). The van der Waals surface area contributed by atoms with Gasteiger partial charge in [0.1, 0.15) is 5.58 Å². The summed E-state index contributed by atoms with van der Waals surface area (Å²) in [7, 11) is 0. The molecule has 2 aromatic carbocycles. The molecule has 0 atom stereocenters. The van der Waals surface area contributed by atoms with Crippen LogP contribution in [0.3, 0.4) is 0 Å². The zero-order chi connectivity index (χ0) is 19.8. The number of hydrogen-bond acceptors (Lipinski definition) is 3. The fraction of sp³-hybridized carbons (Fsp3) is 0.304. The maximum absolute atomic E-state index is 12.5. The number of hydrogen-bond donors (Lipinski definition) is 1. The van der Waals surface area contributed by atoms with E-state index in [1.165, 1.54) is 11.6 Å². The third-order valence-electron chi connectivity index (χ3n) is 4.71. The van der Waals surface area contributed by atoms with E-state index in [1.54, 1.807) is 0 Å². The zero-order valence-electron chi connectivity index (χ0n) is 16.5. The predicted octanol–water partition coefficient (Wildman–Crippen LogP) is 4.64. The molecule has 0 bridgehead atoms. The molecule has 0 aliphatic carbocycles. The molecule has 0 spiro atoms. The minimum absolute atomic E-state index is 0.0434. The highest BCUT2D eigenvalue weighted by atomic mass is 16.4. The molecule has 1 N–H and O–H groups in total. The van der Waals surface area contributed by atoms with Gasteiger partial charge >= 0.3 is 5.63 Å². The summed E-state index contributed by atoms with van der Waals surface area (Å²) in [6.07, 6.45) is 0. The van der Waals surface area contributed by atoms with Crippen LogP contribution in [0.25, 0.3) is 11.0 Å². The van der Waals surface area contributed by atoms with Crippen molar-refractivity contribution >= 4 is 16.9 Å². The van der Waals surface area contributed by atoms with E-state index in [0.29, 0.717) is 11.1 Å². The molecule has 0 unspecified atom stereocenters. The van der Waals surface area contributed by atoms with Crippen LogP contribution in [0.2, 0.25) is 0 Å². The van der Waals surface area contributed by atoms with Crippen LogP contribution in [0.1, 0.15) is 53.4 Å². The Morgan fingerprint density at radius 2 is 1.70 bits per heavy atom. The van der Waals surface area contributed by atoms with Gasteiger partial charge in [0, 0.05) is 23.6 Å². The second-order valence-electron chi connectivity index (χ2n) is 8.06. The van der Waals surface area contributed by atoms with Crippen molar-refractivity contribution in [3.8, 4) is 0 Å². The Labute approximate surface area is 159 Å². The van der Waals surface area contributed by atoms with Crippen LogP contribution in [-0.4, -0.2) is 5.91 Å². The smallest absolute Gasteiger partial charge is 0.336 e. The number of carbonyl (C=O) groups is 1. The Balaban J connectivity index is 1.84. The third-order valence-corrected chi connectivity index (χ3v) is 4.71. The van der Waals surface area contributed by atoms with E-state index in [4.69, 9.17) is 4.42 Å². The monoisotopic (exact) mass is 363 g/mol. The highest BCUT2D eigenvalue weighted by Gasteiger charge is 2.15. The van der Waals surface area contributed by atoms with Gasteiger partial charge < -0.3 is 9.73 Å². The quantitative estimate of drug-likeness (QED) is 0.690. The lowest BCUT2D eigenvalue weighted by atomic mass is 9.87. The summed E-state index contributed by atoms with van der Waals surface area (Å²) in [5, 5.41) is 3.77. The van der Waals surface area contributed by atoms with Crippen molar-refractivity contribution in [1.82, 2.24) is 5.32 Å². The van der Waals surface area contributed by atoms with E-state index in [0.717, 1.165) is 22.1 Å². The Morgan fingerprint density at radius 3 is 2.33 bits per heavy atom. The van der Waals surface area contributed by atoms with Crippen LogP contribution in [-0.2, 0) is 12.0 Å². The molecule has 0 radical (unpaired) electrons. The number of fused-ring (bicyclic) bond motifs is 1. The van der Waals surface area contributed by atoms with Crippen molar-refractivity contribution in [3.63, 3.8) is 0 Å². The number of carbonyl (C=O) groups excluding carboxylic acids is 1. The van der Waals surface area contributed by atoms with Gasteiger partial charge in [-0.3, -0.25) is 4.79 Å². The van der Waals surface area contributed by atoms with Crippen LogP contribution < -0.4 is 10.9 Å². The molecule has 0 saturated carbocycles. The predicted molar refractivity (Wildman–Crippen MR) is 108 cm³/mol. The molecule has 1 heterocycles. The average Bonchev–Trinajstić information content (AvgIpc) is 2.59. The van der Waals surface area contributed by atoms with Gasteiger partial charge in [-0.2, -0.15) is 0 Å². The van der Waals surface area contributed by atoms with Crippen molar-refractivity contribution in [2.24, 2.45) is 0 Å². The fourth-order valence-electron chi connectivity index (χ4n) is 3.22. The molecule has 1 amide bonds. The average molecular weight is 363 g/mol. The van der Waals surface area contributed by atoms with Gasteiger partial charge in [0.15, 0.2) is 0 Å². The van der Waals surface area contributed by atoms with Crippen molar-refractivity contribution in [1.29, 1.82) is 0 Å². The molecule has 140 valence electrons. The second-order valence-corrected chi connectivity index (χ2v) is 8.06. The van der Waals surface area contributed by atoms with Gasteiger partial charge in [0.25, 0.3) is 5.91 Å². The van der Waals surface area contributed by atoms with Gasteiger partial charge in [-0.1, -0.05) is 39.0 Å². The van der Waals surface area contributed by atoms with Crippen molar-refractivity contribution in [3.05, 3.63) is 80.7 Å². The maximum Gasteiger partial charge on any atom is 0.336 e. The maximum atomic E-state index is 12.5. The molecule has 1 aromatic heterocycles. The Hall–Kier alpha value is -2.88. The van der Waals surface area contributed by atoms with Crippen LogP contribution in [0, 0.1) is 13.8 Å². The van der Waals surface area contributed by atoms with E-state index in [-0.39, 0.29) is 17.9 Å². The van der Waals surface area contributed by atoms with E-state index >= 15 is 0 Å². The molecule has 27 heavy (non-hydrogen) atoms. The van der Waals surface area contributed by atoms with E-state index in [1.807, 2.05) is 50.2 Å². The van der Waals surface area contributed by atoms with Gasteiger partial charge in [0.05, 0.1) is 0 Å². The third kappa shape index (κ3) is 4.11. The lowest BCUT2D eigenvalue weighted by Gasteiger charge is -2.19. The molecule has 3 rings (SSSR count). The first-order valence-corrected chi connectivity index (χ1v) is 9.08. The molecule has 4 heteroatoms. The summed E-state index contributed by atoms with van der Waals surface area (Å²) in [4.78, 5) is 24.4. The summed E-state index contributed by atoms with van der Waals surface area (Å²) in [5.41, 5.74) is 4.74. The van der Waals surface area contributed by atoms with Gasteiger partial charge in [-0.15, -0.1) is 0 Å². The van der Waals surface area contributed by atoms with Crippen LogP contribution in [0.5, 0.6) is 0 Å². The molecule has 4 nitrogen and oxygen atoms in total. The summed E-state index contributed by atoms with van der Waals surface area (Å²) in [6.45, 7) is 10.6. The lowest BCUT2D eigenvalue weighted by molar-refractivity contribution is 0.0951. The summed E-state index contributed by atoms with van der Waals surface area (Å²) < 4.78 is 5.36. The first-order chi connectivity index (χ1) is 12.6. The summed E-state index contributed by atoms with van der Waals surface area (Å²) >= 11 is 0. The lowest BCUT2D eigenvalue weighted by Crippen LogP contribution is -2.23. The first kappa shape index (κ1) is 18.9. The number of amides is 1.